The summed E-state index contributed by atoms with van der Waals surface area (Å²) in [5, 5.41) is 5.16. The third-order valence-electron chi connectivity index (χ3n) is 4.58. The molecule has 2 aromatic rings. The molecule has 1 N–H and O–H groups in total. The zero-order valence-corrected chi connectivity index (χ0v) is 12.7. The van der Waals surface area contributed by atoms with E-state index in [0.717, 1.165) is 6.54 Å². The minimum atomic E-state index is 0.553. The third-order valence-corrected chi connectivity index (χ3v) is 5.04. The summed E-state index contributed by atoms with van der Waals surface area (Å²) in [6.07, 6.45) is 8.85. The largest absolute Gasteiger partial charge is 0.347 e. The van der Waals surface area contributed by atoms with Gasteiger partial charge >= 0.3 is 0 Å². The maximum atomic E-state index is 3.70. The Bertz CT molecular complexity index is 623. The molecule has 0 radical (unpaired) electrons. The van der Waals surface area contributed by atoms with Gasteiger partial charge in [-0.05, 0) is 55.5 Å². The molecule has 19 heavy (non-hydrogen) atoms. The summed E-state index contributed by atoms with van der Waals surface area (Å²) in [7, 11) is 0. The van der Waals surface area contributed by atoms with E-state index in [1.807, 2.05) is 0 Å². The topological polar surface area (TPSA) is 17.0 Å². The number of aromatic nitrogens is 1. The number of rotatable bonds is 1. The van der Waals surface area contributed by atoms with Gasteiger partial charge in [0.2, 0.25) is 0 Å². The van der Waals surface area contributed by atoms with Crippen molar-refractivity contribution in [1.82, 2.24) is 9.88 Å². The fourth-order valence-electron chi connectivity index (χ4n) is 3.72. The molecule has 2 aliphatic heterocycles. The van der Waals surface area contributed by atoms with E-state index in [-0.39, 0.29) is 0 Å². The Morgan fingerprint density at radius 2 is 2.16 bits per heavy atom. The van der Waals surface area contributed by atoms with Crippen LogP contribution < -0.4 is 5.32 Å². The number of benzene rings is 1. The number of aryl methyl sites for hydroxylation is 2. The molecular weight excluding hydrogens is 300 g/mol. The van der Waals surface area contributed by atoms with Gasteiger partial charge in [0.25, 0.3) is 0 Å². The Balaban J connectivity index is 1.92. The summed E-state index contributed by atoms with van der Waals surface area (Å²) in [4.78, 5) is 0. The summed E-state index contributed by atoms with van der Waals surface area (Å²) < 4.78 is 3.71. The fraction of sp³-hybridized carbons (Fsp3) is 0.500. The average molecular weight is 319 g/mol. The molecule has 2 aliphatic rings. The Morgan fingerprint density at radius 1 is 1.21 bits per heavy atom. The number of halogens is 1. The van der Waals surface area contributed by atoms with E-state index < -0.39 is 0 Å². The maximum absolute atomic E-state index is 3.70. The molecule has 1 atom stereocenters. The fourth-order valence-corrected chi connectivity index (χ4v) is 4.22. The van der Waals surface area contributed by atoms with Crippen LogP contribution >= 0.6 is 15.9 Å². The van der Waals surface area contributed by atoms with Crippen LogP contribution in [-0.4, -0.2) is 11.1 Å². The first-order chi connectivity index (χ1) is 9.33. The normalized spacial score (nSPS) is 22.9. The van der Waals surface area contributed by atoms with Gasteiger partial charge in [-0.15, -0.1) is 0 Å². The summed E-state index contributed by atoms with van der Waals surface area (Å²) in [5.74, 6) is 0. The van der Waals surface area contributed by atoms with Crippen LogP contribution in [0.25, 0.3) is 10.9 Å². The monoisotopic (exact) mass is 318 g/mol. The SMILES string of the molecule is Brc1cc2c3c(c1)c(C1CCCCN1)cn3CCC2. The molecule has 0 amide bonds. The zero-order valence-electron chi connectivity index (χ0n) is 11.1. The first kappa shape index (κ1) is 12.0. The third kappa shape index (κ3) is 1.95. The van der Waals surface area contributed by atoms with E-state index in [9.17, 15) is 0 Å². The Kier molecular flexibility index (Phi) is 2.92. The predicted octanol–water partition coefficient (Wildman–Crippen LogP) is 4.16. The molecular formula is C16H19BrN2. The molecule has 0 bridgehead atoms. The second kappa shape index (κ2) is 4.64. The lowest BCUT2D eigenvalue weighted by molar-refractivity contribution is 0.413. The van der Waals surface area contributed by atoms with Crippen LogP contribution in [0.3, 0.4) is 0 Å². The van der Waals surface area contributed by atoms with Crippen LogP contribution in [0.1, 0.15) is 42.9 Å². The van der Waals surface area contributed by atoms with Crippen molar-refractivity contribution in [2.75, 3.05) is 6.54 Å². The van der Waals surface area contributed by atoms with Gasteiger partial charge < -0.3 is 9.88 Å². The predicted molar refractivity (Wildman–Crippen MR) is 82.6 cm³/mol. The van der Waals surface area contributed by atoms with E-state index in [1.54, 1.807) is 0 Å². The van der Waals surface area contributed by atoms with Crippen LogP contribution in [0.5, 0.6) is 0 Å². The minimum Gasteiger partial charge on any atom is -0.347 e. The van der Waals surface area contributed by atoms with Crippen LogP contribution in [0.15, 0.2) is 22.8 Å². The highest BCUT2D eigenvalue weighted by molar-refractivity contribution is 9.10. The highest BCUT2D eigenvalue weighted by atomic mass is 79.9. The lowest BCUT2D eigenvalue weighted by Crippen LogP contribution is -2.26. The summed E-state index contributed by atoms with van der Waals surface area (Å²) in [6, 6.07) is 5.17. The molecule has 1 aromatic carbocycles. The number of nitrogens with zero attached hydrogens (tertiary/aromatic N) is 1. The molecule has 1 fully saturated rings. The average Bonchev–Trinajstić information content (AvgIpc) is 2.80. The van der Waals surface area contributed by atoms with Crippen LogP contribution in [0, 0.1) is 0 Å². The second-order valence-corrected chi connectivity index (χ2v) is 6.76. The Hall–Kier alpha value is -0.800. The van der Waals surface area contributed by atoms with Gasteiger partial charge in [-0.1, -0.05) is 22.4 Å². The van der Waals surface area contributed by atoms with E-state index in [1.165, 1.54) is 65.2 Å². The van der Waals surface area contributed by atoms with Gasteiger partial charge in [0.05, 0.1) is 5.52 Å². The van der Waals surface area contributed by atoms with E-state index in [2.05, 4.69) is 44.1 Å². The van der Waals surface area contributed by atoms with Gasteiger partial charge in [0.15, 0.2) is 0 Å². The van der Waals surface area contributed by atoms with Crippen molar-refractivity contribution in [2.45, 2.75) is 44.7 Å². The van der Waals surface area contributed by atoms with Crippen molar-refractivity contribution in [3.8, 4) is 0 Å². The lowest BCUT2D eigenvalue weighted by atomic mass is 9.96. The molecule has 4 rings (SSSR count). The quantitative estimate of drug-likeness (QED) is 0.835. The summed E-state index contributed by atoms with van der Waals surface area (Å²) in [5.41, 5.74) is 4.51. The van der Waals surface area contributed by atoms with Crippen LogP contribution in [0.4, 0.5) is 0 Å². The molecule has 3 heterocycles. The maximum Gasteiger partial charge on any atom is 0.0517 e. The van der Waals surface area contributed by atoms with Crippen molar-refractivity contribution >= 4 is 26.8 Å². The molecule has 0 saturated carbocycles. The molecule has 1 unspecified atom stereocenters. The summed E-state index contributed by atoms with van der Waals surface area (Å²) in [6.45, 7) is 2.34. The molecule has 1 aromatic heterocycles. The molecule has 2 nitrogen and oxygen atoms in total. The van der Waals surface area contributed by atoms with Crippen molar-refractivity contribution in [3.05, 3.63) is 33.9 Å². The van der Waals surface area contributed by atoms with E-state index in [0.29, 0.717) is 6.04 Å². The van der Waals surface area contributed by atoms with Gasteiger partial charge in [0, 0.05) is 28.6 Å². The smallest absolute Gasteiger partial charge is 0.0517 e. The molecule has 100 valence electrons. The number of piperidine rings is 1. The summed E-state index contributed by atoms with van der Waals surface area (Å²) >= 11 is 3.69. The van der Waals surface area contributed by atoms with Crippen molar-refractivity contribution in [1.29, 1.82) is 0 Å². The number of hydrogen-bond acceptors (Lipinski definition) is 1. The zero-order chi connectivity index (χ0) is 12.8. The number of nitrogens with one attached hydrogen (secondary N) is 1. The van der Waals surface area contributed by atoms with Crippen LogP contribution in [-0.2, 0) is 13.0 Å². The number of hydrogen-bond donors (Lipinski definition) is 1. The minimum absolute atomic E-state index is 0.553. The lowest BCUT2D eigenvalue weighted by Gasteiger charge is -2.23. The first-order valence-electron chi connectivity index (χ1n) is 7.37. The van der Waals surface area contributed by atoms with E-state index in [4.69, 9.17) is 0 Å². The van der Waals surface area contributed by atoms with Gasteiger partial charge in [-0.3, -0.25) is 0 Å². The highest BCUT2D eigenvalue weighted by Gasteiger charge is 2.23. The standard InChI is InChI=1S/C16H19BrN2/c17-12-8-11-4-3-7-19-10-14(13(9-12)16(11)19)15-5-1-2-6-18-15/h8-10,15,18H,1-7H2. The Labute approximate surface area is 122 Å². The first-order valence-corrected chi connectivity index (χ1v) is 8.17. The molecule has 0 spiro atoms. The molecule has 1 saturated heterocycles. The van der Waals surface area contributed by atoms with Gasteiger partial charge in [-0.2, -0.15) is 0 Å². The van der Waals surface area contributed by atoms with Gasteiger partial charge in [0.1, 0.15) is 0 Å². The van der Waals surface area contributed by atoms with Crippen molar-refractivity contribution < 1.29 is 0 Å². The van der Waals surface area contributed by atoms with Crippen LogP contribution in [0.2, 0.25) is 0 Å². The van der Waals surface area contributed by atoms with Gasteiger partial charge in [-0.25, -0.2) is 0 Å². The Morgan fingerprint density at radius 3 is 3.00 bits per heavy atom. The van der Waals surface area contributed by atoms with Crippen molar-refractivity contribution in [2.24, 2.45) is 0 Å². The van der Waals surface area contributed by atoms with E-state index >= 15 is 0 Å². The second-order valence-electron chi connectivity index (χ2n) is 5.84. The van der Waals surface area contributed by atoms with Crippen molar-refractivity contribution in [3.63, 3.8) is 0 Å². The molecule has 3 heteroatoms. The molecule has 0 aliphatic carbocycles. The highest BCUT2D eigenvalue weighted by Crippen LogP contribution is 2.37.